The van der Waals surface area contributed by atoms with Crippen LogP contribution in [-0.4, -0.2) is 14.7 Å². The summed E-state index contributed by atoms with van der Waals surface area (Å²) >= 11 is 0. The fourth-order valence-corrected chi connectivity index (χ4v) is 1.73. The third kappa shape index (κ3) is 2.65. The van der Waals surface area contributed by atoms with Gasteiger partial charge in [-0.2, -0.15) is 5.10 Å². The van der Waals surface area contributed by atoms with Crippen molar-refractivity contribution < 1.29 is 4.92 Å². The van der Waals surface area contributed by atoms with Gasteiger partial charge in [-0.05, 0) is 13.0 Å². The molecule has 0 aliphatic carbocycles. The van der Waals surface area contributed by atoms with Crippen molar-refractivity contribution in [2.75, 3.05) is 11.1 Å². The van der Waals surface area contributed by atoms with Gasteiger partial charge in [-0.15, -0.1) is 0 Å². The topological polar surface area (TPSA) is 99.0 Å². The maximum Gasteiger partial charge on any atom is 0.271 e. The van der Waals surface area contributed by atoms with E-state index < -0.39 is 4.92 Å². The summed E-state index contributed by atoms with van der Waals surface area (Å²) in [6.45, 7) is 2.55. The largest absolute Gasteiger partial charge is 0.397 e. The van der Waals surface area contributed by atoms with E-state index in [4.69, 9.17) is 5.73 Å². The predicted molar refractivity (Wildman–Crippen MR) is 72.8 cm³/mol. The molecule has 7 nitrogen and oxygen atoms in total. The van der Waals surface area contributed by atoms with Crippen molar-refractivity contribution in [1.29, 1.82) is 0 Å². The Hall–Kier alpha value is -2.57. The Bertz CT molecular complexity index is 621. The third-order valence-electron chi connectivity index (χ3n) is 3.05. The van der Waals surface area contributed by atoms with Crippen molar-refractivity contribution in [2.24, 2.45) is 7.05 Å². The fourth-order valence-electron chi connectivity index (χ4n) is 1.73. The van der Waals surface area contributed by atoms with Crippen LogP contribution in [0.25, 0.3) is 0 Å². The van der Waals surface area contributed by atoms with Crippen molar-refractivity contribution in [3.05, 3.63) is 45.8 Å². The van der Waals surface area contributed by atoms with Crippen LogP contribution in [0.2, 0.25) is 0 Å². The molecule has 0 saturated carbocycles. The summed E-state index contributed by atoms with van der Waals surface area (Å²) < 4.78 is 1.79. The van der Waals surface area contributed by atoms with Crippen LogP contribution in [0.1, 0.15) is 11.3 Å². The molecule has 0 radical (unpaired) electrons. The SMILES string of the molecule is Cc1c(CNc2ccc([N+](=O)[O-])cc2N)cnn1C. The van der Waals surface area contributed by atoms with Gasteiger partial charge in [0.25, 0.3) is 5.69 Å². The zero-order valence-electron chi connectivity index (χ0n) is 10.8. The first-order valence-electron chi connectivity index (χ1n) is 5.74. The van der Waals surface area contributed by atoms with Crippen molar-refractivity contribution in [3.63, 3.8) is 0 Å². The number of nitrogens with zero attached hydrogens (tertiary/aromatic N) is 3. The number of rotatable bonds is 4. The molecule has 3 N–H and O–H groups in total. The second kappa shape index (κ2) is 4.97. The van der Waals surface area contributed by atoms with Gasteiger partial charge in [-0.1, -0.05) is 0 Å². The molecule has 100 valence electrons. The minimum atomic E-state index is -0.467. The highest BCUT2D eigenvalue weighted by molar-refractivity contribution is 5.69. The molecule has 0 unspecified atom stereocenters. The lowest BCUT2D eigenvalue weighted by molar-refractivity contribution is -0.384. The van der Waals surface area contributed by atoms with Gasteiger partial charge in [0.15, 0.2) is 0 Å². The minimum Gasteiger partial charge on any atom is -0.397 e. The lowest BCUT2D eigenvalue weighted by Crippen LogP contribution is -2.04. The molecule has 1 heterocycles. The highest BCUT2D eigenvalue weighted by Crippen LogP contribution is 2.24. The molecule has 0 aliphatic rings. The van der Waals surface area contributed by atoms with Crippen LogP contribution in [0.5, 0.6) is 0 Å². The van der Waals surface area contributed by atoms with Gasteiger partial charge in [0.2, 0.25) is 0 Å². The molecule has 0 atom stereocenters. The van der Waals surface area contributed by atoms with Gasteiger partial charge in [0, 0.05) is 37.0 Å². The number of nitro groups is 1. The van der Waals surface area contributed by atoms with Crippen LogP contribution in [0.3, 0.4) is 0 Å². The summed E-state index contributed by atoms with van der Waals surface area (Å²) in [6, 6.07) is 4.38. The summed E-state index contributed by atoms with van der Waals surface area (Å²) in [5.74, 6) is 0. The lowest BCUT2D eigenvalue weighted by Gasteiger charge is -2.08. The Morgan fingerprint density at radius 2 is 2.26 bits per heavy atom. The Morgan fingerprint density at radius 1 is 1.53 bits per heavy atom. The monoisotopic (exact) mass is 261 g/mol. The molecular weight excluding hydrogens is 246 g/mol. The molecule has 7 heteroatoms. The van der Waals surface area contributed by atoms with Gasteiger partial charge in [0.1, 0.15) is 0 Å². The van der Waals surface area contributed by atoms with Crippen molar-refractivity contribution in [1.82, 2.24) is 9.78 Å². The molecule has 0 spiro atoms. The molecule has 1 aromatic heterocycles. The minimum absolute atomic E-state index is 0.0133. The zero-order chi connectivity index (χ0) is 14.0. The lowest BCUT2D eigenvalue weighted by atomic mass is 10.2. The van der Waals surface area contributed by atoms with Crippen molar-refractivity contribution in [2.45, 2.75) is 13.5 Å². The Kier molecular flexibility index (Phi) is 3.37. The van der Waals surface area contributed by atoms with E-state index in [0.717, 1.165) is 11.3 Å². The second-order valence-electron chi connectivity index (χ2n) is 4.26. The summed E-state index contributed by atoms with van der Waals surface area (Å²) in [5.41, 5.74) is 8.92. The van der Waals surface area contributed by atoms with Gasteiger partial charge in [-0.3, -0.25) is 14.8 Å². The first-order valence-corrected chi connectivity index (χ1v) is 5.74. The molecule has 0 bridgehead atoms. The predicted octanol–water partition coefficient (Wildman–Crippen LogP) is 1.83. The summed E-state index contributed by atoms with van der Waals surface area (Å²) in [4.78, 5) is 10.1. The molecular formula is C12H15N5O2. The Balaban J connectivity index is 2.12. The first-order chi connectivity index (χ1) is 8.99. The number of nitrogens with one attached hydrogen (secondary N) is 1. The van der Waals surface area contributed by atoms with E-state index in [2.05, 4.69) is 10.4 Å². The van der Waals surface area contributed by atoms with Gasteiger partial charge in [0.05, 0.1) is 22.5 Å². The summed E-state index contributed by atoms with van der Waals surface area (Å²) in [6.07, 6.45) is 1.78. The smallest absolute Gasteiger partial charge is 0.271 e. The molecule has 1 aromatic carbocycles. The van der Waals surface area contributed by atoms with E-state index in [1.807, 2.05) is 14.0 Å². The van der Waals surface area contributed by atoms with Crippen LogP contribution in [0.15, 0.2) is 24.4 Å². The fraction of sp³-hybridized carbons (Fsp3) is 0.250. The first kappa shape index (κ1) is 12.9. The van der Waals surface area contributed by atoms with Crippen LogP contribution in [0, 0.1) is 17.0 Å². The molecule has 19 heavy (non-hydrogen) atoms. The number of aryl methyl sites for hydroxylation is 1. The number of aromatic nitrogens is 2. The maximum atomic E-state index is 10.6. The van der Waals surface area contributed by atoms with Crippen molar-refractivity contribution >= 4 is 17.1 Å². The molecule has 0 saturated heterocycles. The Labute approximate surface area is 110 Å². The van der Waals surface area contributed by atoms with E-state index >= 15 is 0 Å². The molecule has 2 aromatic rings. The van der Waals surface area contributed by atoms with Crippen LogP contribution >= 0.6 is 0 Å². The number of non-ortho nitro benzene ring substituents is 1. The summed E-state index contributed by atoms with van der Waals surface area (Å²) in [5, 5.41) is 17.9. The number of nitrogen functional groups attached to an aromatic ring is 1. The quantitative estimate of drug-likeness (QED) is 0.497. The number of nitro benzene ring substituents is 1. The van der Waals surface area contributed by atoms with E-state index in [-0.39, 0.29) is 5.69 Å². The number of benzene rings is 1. The second-order valence-corrected chi connectivity index (χ2v) is 4.26. The van der Waals surface area contributed by atoms with E-state index in [1.54, 1.807) is 16.9 Å². The standard InChI is InChI=1S/C12H15N5O2/c1-8-9(7-15-16(8)2)6-14-12-4-3-10(17(18)19)5-11(12)13/h3-5,7,14H,6,13H2,1-2H3. The van der Waals surface area contributed by atoms with E-state index in [0.29, 0.717) is 17.9 Å². The van der Waals surface area contributed by atoms with Crippen LogP contribution < -0.4 is 11.1 Å². The number of anilines is 2. The average Bonchev–Trinajstić information content (AvgIpc) is 2.68. The van der Waals surface area contributed by atoms with Gasteiger partial charge < -0.3 is 11.1 Å². The maximum absolute atomic E-state index is 10.6. The number of nitrogens with two attached hydrogens (primary N) is 1. The highest BCUT2D eigenvalue weighted by Gasteiger charge is 2.09. The molecule has 0 fully saturated rings. The highest BCUT2D eigenvalue weighted by atomic mass is 16.6. The normalized spacial score (nSPS) is 10.4. The molecule has 0 amide bonds. The van der Waals surface area contributed by atoms with Crippen LogP contribution in [0.4, 0.5) is 17.1 Å². The third-order valence-corrected chi connectivity index (χ3v) is 3.05. The van der Waals surface area contributed by atoms with E-state index in [1.165, 1.54) is 12.1 Å². The van der Waals surface area contributed by atoms with Gasteiger partial charge in [-0.25, -0.2) is 0 Å². The molecule has 0 aliphatic heterocycles. The van der Waals surface area contributed by atoms with Crippen LogP contribution in [-0.2, 0) is 13.6 Å². The number of hydrogen-bond donors (Lipinski definition) is 2. The van der Waals surface area contributed by atoms with Crippen molar-refractivity contribution in [3.8, 4) is 0 Å². The Morgan fingerprint density at radius 3 is 2.79 bits per heavy atom. The van der Waals surface area contributed by atoms with Gasteiger partial charge >= 0.3 is 0 Å². The zero-order valence-corrected chi connectivity index (χ0v) is 10.8. The summed E-state index contributed by atoms with van der Waals surface area (Å²) in [7, 11) is 1.87. The average molecular weight is 261 g/mol. The van der Waals surface area contributed by atoms with E-state index in [9.17, 15) is 10.1 Å². The number of hydrogen-bond acceptors (Lipinski definition) is 5. The molecule has 2 rings (SSSR count).